The second-order valence-electron chi connectivity index (χ2n) is 4.54. The molecule has 26 heavy (non-hydrogen) atoms. The average molecular weight is 404 g/mol. The number of hydrogen-bond acceptors (Lipinski definition) is 8. The van der Waals surface area contributed by atoms with Crippen LogP contribution in [0.15, 0.2) is 36.5 Å². The molecule has 1 aromatic heterocycles. The number of anilines is 1. The van der Waals surface area contributed by atoms with Crippen molar-refractivity contribution in [3.8, 4) is 11.6 Å². The van der Waals surface area contributed by atoms with E-state index >= 15 is 0 Å². The van der Waals surface area contributed by atoms with Gasteiger partial charge in [0.1, 0.15) is 11.4 Å². The first-order chi connectivity index (χ1) is 12.4. The molecule has 9 nitrogen and oxygen atoms in total. The third kappa shape index (κ3) is 7.37. The lowest BCUT2D eigenvalue weighted by atomic mass is 10.2. The van der Waals surface area contributed by atoms with Gasteiger partial charge >= 0.3 is 8.25 Å². The van der Waals surface area contributed by atoms with E-state index in [4.69, 9.17) is 16.3 Å². The summed E-state index contributed by atoms with van der Waals surface area (Å²) in [7, 11) is 0.558. The van der Waals surface area contributed by atoms with Gasteiger partial charge in [0.15, 0.2) is 0 Å². The number of pyridine rings is 1. The predicted molar refractivity (Wildman–Crippen MR) is 99.6 cm³/mol. The molecule has 11 heteroatoms. The monoisotopic (exact) mass is 403 g/mol. The van der Waals surface area contributed by atoms with Crippen LogP contribution in [-0.2, 0) is 13.6 Å². The fraction of sp³-hybridized carbons (Fsp3) is 0.267. The van der Waals surface area contributed by atoms with Gasteiger partial charge in [0, 0.05) is 45.2 Å². The minimum Gasteiger partial charge on any atom is -0.439 e. The van der Waals surface area contributed by atoms with Crippen molar-refractivity contribution < 1.29 is 23.3 Å². The van der Waals surface area contributed by atoms with Crippen molar-refractivity contribution in [1.82, 2.24) is 4.98 Å². The number of benzene rings is 1. The Morgan fingerprint density at radius 3 is 2.42 bits per heavy atom. The number of nitro groups is 1. The number of rotatable bonds is 7. The lowest BCUT2D eigenvalue weighted by molar-refractivity contribution is -0.384. The van der Waals surface area contributed by atoms with Gasteiger partial charge in [-0.25, -0.2) is 4.98 Å². The quantitative estimate of drug-likeness (QED) is 0.407. The molecule has 0 unspecified atom stereocenters. The van der Waals surface area contributed by atoms with Gasteiger partial charge in [0.05, 0.1) is 9.95 Å². The summed E-state index contributed by atoms with van der Waals surface area (Å²) < 4.78 is 23.9. The molecule has 0 saturated carbocycles. The molecule has 1 aromatic carbocycles. The molecule has 0 atom stereocenters. The van der Waals surface area contributed by atoms with Crippen LogP contribution in [-0.4, -0.2) is 30.7 Å². The average Bonchev–Trinajstić information content (AvgIpc) is 2.63. The SMILES string of the molecule is CCNc1cc(Oc2ccc(Cl)cn2)ccc1[N+](=O)[O-].CO[PH](=O)OC. The van der Waals surface area contributed by atoms with E-state index in [-0.39, 0.29) is 5.69 Å². The van der Waals surface area contributed by atoms with E-state index in [1.807, 2.05) is 6.92 Å². The van der Waals surface area contributed by atoms with Crippen molar-refractivity contribution in [3.63, 3.8) is 0 Å². The summed E-state index contributed by atoms with van der Waals surface area (Å²) in [6.45, 7) is 2.43. The molecule has 0 aliphatic heterocycles. The standard InChI is InChI=1S/C13H12ClN3O3.C2H7O3P/c1-2-15-11-7-10(4-5-12(11)17(18)19)20-13-6-3-9(14)8-16-13;1-4-6(3)5-2/h3-8,15H,2H2,1H3;6H,1-2H3. The number of nitrogens with zero attached hydrogens (tertiary/aromatic N) is 2. The van der Waals surface area contributed by atoms with Crippen LogP contribution in [0.4, 0.5) is 11.4 Å². The van der Waals surface area contributed by atoms with Crippen LogP contribution >= 0.6 is 19.9 Å². The van der Waals surface area contributed by atoms with E-state index in [0.29, 0.717) is 28.9 Å². The second-order valence-corrected chi connectivity index (χ2v) is 6.29. The lowest BCUT2D eigenvalue weighted by Gasteiger charge is -2.08. The van der Waals surface area contributed by atoms with Crippen LogP contribution in [0.3, 0.4) is 0 Å². The van der Waals surface area contributed by atoms with Crippen LogP contribution in [0.25, 0.3) is 0 Å². The maximum Gasteiger partial charge on any atom is 0.318 e. The largest absolute Gasteiger partial charge is 0.439 e. The van der Waals surface area contributed by atoms with Gasteiger partial charge < -0.3 is 19.1 Å². The molecule has 0 spiro atoms. The molecule has 0 fully saturated rings. The molecule has 2 aromatic rings. The number of nitro benzene ring substituents is 1. The zero-order valence-corrected chi connectivity index (χ0v) is 16.1. The van der Waals surface area contributed by atoms with Crippen molar-refractivity contribution >= 4 is 31.2 Å². The summed E-state index contributed by atoms with van der Waals surface area (Å²) in [6, 6.07) is 7.76. The second kappa shape index (κ2) is 11.4. The van der Waals surface area contributed by atoms with Crippen molar-refractivity contribution in [3.05, 3.63) is 51.7 Å². The van der Waals surface area contributed by atoms with Crippen LogP contribution < -0.4 is 10.1 Å². The highest BCUT2D eigenvalue weighted by molar-refractivity contribution is 7.33. The summed E-state index contributed by atoms with van der Waals surface area (Å²) in [5.41, 5.74) is 0.409. The molecule has 1 heterocycles. The highest BCUT2D eigenvalue weighted by Crippen LogP contribution is 2.31. The summed E-state index contributed by atoms with van der Waals surface area (Å²) in [5, 5.41) is 14.3. The number of nitrogens with one attached hydrogen (secondary N) is 1. The van der Waals surface area contributed by atoms with Crippen LogP contribution in [0.5, 0.6) is 11.6 Å². The summed E-state index contributed by atoms with van der Waals surface area (Å²) in [6.07, 6.45) is 1.47. The molecule has 0 amide bonds. The van der Waals surface area contributed by atoms with Crippen molar-refractivity contribution in [2.24, 2.45) is 0 Å². The first-order valence-electron chi connectivity index (χ1n) is 7.34. The van der Waals surface area contributed by atoms with E-state index in [0.717, 1.165) is 0 Å². The van der Waals surface area contributed by atoms with Gasteiger partial charge in [-0.1, -0.05) is 11.6 Å². The Morgan fingerprint density at radius 1 is 1.27 bits per heavy atom. The van der Waals surface area contributed by atoms with Crippen molar-refractivity contribution in [2.75, 3.05) is 26.1 Å². The van der Waals surface area contributed by atoms with Gasteiger partial charge in [-0.05, 0) is 19.1 Å². The molecule has 0 bridgehead atoms. The Hall–Kier alpha value is -2.19. The van der Waals surface area contributed by atoms with Gasteiger partial charge in [-0.15, -0.1) is 0 Å². The highest BCUT2D eigenvalue weighted by atomic mass is 35.5. The first kappa shape index (κ1) is 21.9. The maximum absolute atomic E-state index is 10.9. The van der Waals surface area contributed by atoms with Gasteiger partial charge in [-0.3, -0.25) is 14.7 Å². The van der Waals surface area contributed by atoms with Crippen LogP contribution in [0.2, 0.25) is 5.02 Å². The van der Waals surface area contributed by atoms with E-state index < -0.39 is 13.2 Å². The fourth-order valence-corrected chi connectivity index (χ4v) is 1.98. The smallest absolute Gasteiger partial charge is 0.318 e. The third-order valence-corrected chi connectivity index (χ3v) is 3.68. The lowest BCUT2D eigenvalue weighted by Crippen LogP contribution is -2.01. The predicted octanol–water partition coefficient (Wildman–Crippen LogP) is 4.54. The van der Waals surface area contributed by atoms with E-state index in [1.165, 1.54) is 32.5 Å². The Balaban J connectivity index is 0.000000487. The minimum atomic E-state index is -2.12. The molecule has 142 valence electrons. The third-order valence-electron chi connectivity index (χ3n) is 2.79. The molecular formula is C15H19ClN3O6P. The zero-order valence-electron chi connectivity index (χ0n) is 14.4. The van der Waals surface area contributed by atoms with Gasteiger partial charge in [0.25, 0.3) is 5.69 Å². The van der Waals surface area contributed by atoms with Gasteiger partial charge in [-0.2, -0.15) is 0 Å². The Labute approximate surface area is 156 Å². The molecule has 2 rings (SSSR count). The number of hydrogen-bond donors (Lipinski definition) is 1. The Kier molecular flexibility index (Phi) is 9.61. The maximum atomic E-state index is 10.9. The summed E-state index contributed by atoms with van der Waals surface area (Å²) >= 11 is 5.73. The fourth-order valence-electron chi connectivity index (χ4n) is 1.70. The van der Waals surface area contributed by atoms with E-state index in [1.54, 1.807) is 18.2 Å². The van der Waals surface area contributed by atoms with Crippen LogP contribution in [0.1, 0.15) is 6.92 Å². The van der Waals surface area contributed by atoms with E-state index in [9.17, 15) is 14.7 Å². The van der Waals surface area contributed by atoms with Crippen molar-refractivity contribution in [1.29, 1.82) is 0 Å². The molecule has 0 radical (unpaired) electrons. The van der Waals surface area contributed by atoms with E-state index in [2.05, 4.69) is 19.3 Å². The highest BCUT2D eigenvalue weighted by Gasteiger charge is 2.14. The Bertz CT molecular complexity index is 739. The molecule has 0 aliphatic carbocycles. The Morgan fingerprint density at radius 2 is 1.96 bits per heavy atom. The zero-order chi connectivity index (χ0) is 19.5. The number of halogens is 1. The summed E-state index contributed by atoms with van der Waals surface area (Å²) in [5.74, 6) is 0.826. The van der Waals surface area contributed by atoms with Crippen LogP contribution in [0, 0.1) is 10.1 Å². The van der Waals surface area contributed by atoms with Crippen molar-refractivity contribution in [2.45, 2.75) is 6.92 Å². The normalized spacial score (nSPS) is 10.0. The molecule has 0 saturated heterocycles. The number of aromatic nitrogens is 1. The summed E-state index contributed by atoms with van der Waals surface area (Å²) in [4.78, 5) is 14.5. The first-order valence-corrected chi connectivity index (χ1v) is 8.95. The number of ether oxygens (including phenoxy) is 1. The molecule has 1 N–H and O–H groups in total. The molecular weight excluding hydrogens is 385 g/mol. The topological polar surface area (TPSA) is 113 Å². The molecule has 0 aliphatic rings. The minimum absolute atomic E-state index is 0.00302. The van der Waals surface area contributed by atoms with Gasteiger partial charge in [0.2, 0.25) is 5.88 Å².